The van der Waals surface area contributed by atoms with E-state index in [1.807, 2.05) is 24.3 Å². The van der Waals surface area contributed by atoms with Crippen molar-refractivity contribution in [1.82, 2.24) is 10.4 Å². The third-order valence-corrected chi connectivity index (χ3v) is 5.86. The number of hydrogen-bond acceptors (Lipinski definition) is 4. The molecule has 2 N–H and O–H groups in total. The van der Waals surface area contributed by atoms with Gasteiger partial charge in [0.05, 0.1) is 5.56 Å². The fourth-order valence-electron chi connectivity index (χ4n) is 4.05. The van der Waals surface area contributed by atoms with Gasteiger partial charge in [-0.2, -0.15) is 0 Å². The third kappa shape index (κ3) is 6.15. The highest BCUT2D eigenvalue weighted by Crippen LogP contribution is 2.26. The Morgan fingerprint density at radius 2 is 1.62 bits per heavy atom. The van der Waals surface area contributed by atoms with Gasteiger partial charge in [0.15, 0.2) is 17.5 Å². The molecule has 0 amide bonds. The summed E-state index contributed by atoms with van der Waals surface area (Å²) in [7, 11) is 0. The summed E-state index contributed by atoms with van der Waals surface area (Å²) in [4.78, 5) is 11.0. The van der Waals surface area contributed by atoms with Crippen LogP contribution in [0.25, 0.3) is 0 Å². The van der Waals surface area contributed by atoms with Crippen molar-refractivity contribution in [2.75, 3.05) is 13.1 Å². The number of carbonyl (C=O) groups is 1. The molecule has 0 aliphatic carbocycles. The number of hydrazine groups is 1. The second kappa shape index (κ2) is 10.7. The molecule has 1 aliphatic rings. The SMILES string of the molecule is O=C(O)c1ccc(CN2CCCC(Cc3ccc(Oc4cc(F)c(F)c(F)c4)cc3)CN2)cc1. The Balaban J connectivity index is 1.29. The monoisotopic (exact) mass is 470 g/mol. The first-order chi connectivity index (χ1) is 16.4. The minimum Gasteiger partial charge on any atom is -0.478 e. The van der Waals surface area contributed by atoms with Gasteiger partial charge in [-0.25, -0.2) is 23.0 Å². The highest BCUT2D eigenvalue weighted by Gasteiger charge is 2.18. The Bertz CT molecular complexity index is 1110. The van der Waals surface area contributed by atoms with E-state index in [9.17, 15) is 18.0 Å². The molecule has 3 aromatic carbocycles. The molecular formula is C26H25F3N2O3. The van der Waals surface area contributed by atoms with Gasteiger partial charge in [-0.1, -0.05) is 24.3 Å². The summed E-state index contributed by atoms with van der Waals surface area (Å²) in [6.45, 7) is 2.41. The van der Waals surface area contributed by atoms with E-state index in [4.69, 9.17) is 9.84 Å². The van der Waals surface area contributed by atoms with E-state index >= 15 is 0 Å². The number of aromatic carboxylic acids is 1. The molecule has 1 unspecified atom stereocenters. The molecule has 4 rings (SSSR count). The van der Waals surface area contributed by atoms with Crippen LogP contribution in [0, 0.1) is 23.4 Å². The summed E-state index contributed by atoms with van der Waals surface area (Å²) >= 11 is 0. The highest BCUT2D eigenvalue weighted by atomic mass is 19.2. The predicted octanol–water partition coefficient (Wildman–Crippen LogP) is 5.55. The predicted molar refractivity (Wildman–Crippen MR) is 121 cm³/mol. The van der Waals surface area contributed by atoms with Crippen molar-refractivity contribution in [3.05, 3.63) is 94.8 Å². The van der Waals surface area contributed by atoms with Crippen molar-refractivity contribution in [2.45, 2.75) is 25.8 Å². The number of carboxylic acids is 1. The van der Waals surface area contributed by atoms with Crippen molar-refractivity contribution in [2.24, 2.45) is 5.92 Å². The molecular weight excluding hydrogens is 445 g/mol. The largest absolute Gasteiger partial charge is 0.478 e. The van der Waals surface area contributed by atoms with Gasteiger partial charge in [0.1, 0.15) is 11.5 Å². The Kier molecular flexibility index (Phi) is 7.49. The van der Waals surface area contributed by atoms with Crippen LogP contribution >= 0.6 is 0 Å². The number of benzene rings is 3. The zero-order valence-electron chi connectivity index (χ0n) is 18.4. The molecule has 5 nitrogen and oxygen atoms in total. The summed E-state index contributed by atoms with van der Waals surface area (Å²) in [5.41, 5.74) is 5.93. The maximum atomic E-state index is 13.4. The minimum atomic E-state index is -1.52. The van der Waals surface area contributed by atoms with Crippen molar-refractivity contribution >= 4 is 5.97 Å². The standard InChI is InChI=1S/C26H25F3N2O3/c27-23-13-22(14-24(28)25(23)29)34-21-9-5-17(6-10-21)12-19-2-1-11-31(30-15-19)16-18-3-7-20(8-4-18)26(32)33/h3-10,13-14,19,30H,1-2,11-12,15-16H2,(H,32,33). The zero-order valence-corrected chi connectivity index (χ0v) is 18.4. The fourth-order valence-corrected chi connectivity index (χ4v) is 4.05. The van der Waals surface area contributed by atoms with E-state index in [1.165, 1.54) is 0 Å². The van der Waals surface area contributed by atoms with E-state index in [-0.39, 0.29) is 11.3 Å². The lowest BCUT2D eigenvalue weighted by molar-refractivity contribution is 0.0697. The lowest BCUT2D eigenvalue weighted by atomic mass is 9.95. The molecule has 0 saturated carbocycles. The summed E-state index contributed by atoms with van der Waals surface area (Å²) < 4.78 is 45.3. The average Bonchev–Trinajstić information content (AvgIpc) is 3.04. The summed E-state index contributed by atoms with van der Waals surface area (Å²) in [6.07, 6.45) is 2.97. The molecule has 178 valence electrons. The van der Waals surface area contributed by atoms with Gasteiger partial charge >= 0.3 is 5.97 Å². The molecule has 1 atom stereocenters. The van der Waals surface area contributed by atoms with Crippen LogP contribution in [0.2, 0.25) is 0 Å². The molecule has 0 radical (unpaired) electrons. The van der Waals surface area contributed by atoms with E-state index in [0.717, 1.165) is 55.6 Å². The number of nitrogens with one attached hydrogen (secondary N) is 1. The van der Waals surface area contributed by atoms with Gasteiger partial charge in [-0.3, -0.25) is 5.43 Å². The highest BCUT2D eigenvalue weighted by molar-refractivity contribution is 5.87. The van der Waals surface area contributed by atoms with Gasteiger partial charge in [-0.15, -0.1) is 0 Å². The Hall–Kier alpha value is -3.36. The van der Waals surface area contributed by atoms with E-state index in [0.29, 0.717) is 18.2 Å². The normalized spacial score (nSPS) is 16.7. The van der Waals surface area contributed by atoms with Gasteiger partial charge < -0.3 is 9.84 Å². The summed E-state index contributed by atoms with van der Waals surface area (Å²) in [6, 6.07) is 15.8. The number of ether oxygens (including phenoxy) is 1. The van der Waals surface area contributed by atoms with Crippen molar-refractivity contribution in [3.8, 4) is 11.5 Å². The van der Waals surface area contributed by atoms with Gasteiger partial charge in [0.2, 0.25) is 0 Å². The summed E-state index contributed by atoms with van der Waals surface area (Å²) in [5, 5.41) is 11.2. The zero-order chi connectivity index (χ0) is 24.1. The Morgan fingerprint density at radius 1 is 0.971 bits per heavy atom. The molecule has 8 heteroatoms. The number of hydrogen-bond donors (Lipinski definition) is 2. The van der Waals surface area contributed by atoms with E-state index < -0.39 is 23.4 Å². The van der Waals surface area contributed by atoms with Crippen LogP contribution in [0.3, 0.4) is 0 Å². The van der Waals surface area contributed by atoms with Gasteiger partial charge in [0, 0.05) is 31.8 Å². The van der Waals surface area contributed by atoms with Crippen LogP contribution in [-0.2, 0) is 13.0 Å². The van der Waals surface area contributed by atoms with E-state index in [2.05, 4.69) is 10.4 Å². The lowest BCUT2D eigenvalue weighted by Crippen LogP contribution is -2.38. The number of rotatable bonds is 7. The number of carboxylic acid groups (broad SMARTS) is 1. The Labute approximate surface area is 195 Å². The molecule has 0 bridgehead atoms. The third-order valence-electron chi connectivity index (χ3n) is 5.86. The minimum absolute atomic E-state index is 0.102. The molecule has 34 heavy (non-hydrogen) atoms. The maximum absolute atomic E-state index is 13.4. The van der Waals surface area contributed by atoms with Crippen molar-refractivity contribution in [1.29, 1.82) is 0 Å². The van der Waals surface area contributed by atoms with E-state index in [1.54, 1.807) is 24.3 Å². The molecule has 1 fully saturated rings. The average molecular weight is 470 g/mol. The second-order valence-electron chi connectivity index (χ2n) is 8.45. The second-order valence-corrected chi connectivity index (χ2v) is 8.45. The topological polar surface area (TPSA) is 61.8 Å². The lowest BCUT2D eigenvalue weighted by Gasteiger charge is -2.22. The smallest absolute Gasteiger partial charge is 0.335 e. The van der Waals surface area contributed by atoms with Crippen LogP contribution in [0.4, 0.5) is 13.2 Å². The Morgan fingerprint density at radius 3 is 2.26 bits per heavy atom. The molecule has 1 heterocycles. The van der Waals surface area contributed by atoms with Crippen LogP contribution in [0.1, 0.15) is 34.3 Å². The van der Waals surface area contributed by atoms with Crippen molar-refractivity contribution < 1.29 is 27.8 Å². The van der Waals surface area contributed by atoms with Gasteiger partial charge in [-0.05, 0) is 60.6 Å². The van der Waals surface area contributed by atoms with Crippen LogP contribution in [0.15, 0.2) is 60.7 Å². The van der Waals surface area contributed by atoms with Crippen LogP contribution in [0.5, 0.6) is 11.5 Å². The molecule has 1 saturated heterocycles. The first kappa shape index (κ1) is 23.8. The maximum Gasteiger partial charge on any atom is 0.335 e. The fraction of sp³-hybridized carbons (Fsp3) is 0.269. The quantitative estimate of drug-likeness (QED) is 0.443. The van der Waals surface area contributed by atoms with Gasteiger partial charge in [0.25, 0.3) is 0 Å². The molecule has 3 aromatic rings. The van der Waals surface area contributed by atoms with Crippen molar-refractivity contribution in [3.63, 3.8) is 0 Å². The molecule has 1 aliphatic heterocycles. The first-order valence-corrected chi connectivity index (χ1v) is 11.1. The first-order valence-electron chi connectivity index (χ1n) is 11.1. The molecule has 0 spiro atoms. The van der Waals surface area contributed by atoms with Crippen LogP contribution in [-0.4, -0.2) is 29.2 Å². The summed E-state index contributed by atoms with van der Waals surface area (Å²) in [5.74, 6) is -4.29. The molecule has 0 aromatic heterocycles. The number of nitrogens with zero attached hydrogens (tertiary/aromatic N) is 1. The van der Waals surface area contributed by atoms with Crippen LogP contribution < -0.4 is 10.2 Å². The number of halogens is 3.